The summed E-state index contributed by atoms with van der Waals surface area (Å²) in [4.78, 5) is 47.8. The Morgan fingerprint density at radius 1 is 1.04 bits per heavy atom. The highest BCUT2D eigenvalue weighted by Crippen LogP contribution is 2.29. The number of carbonyl (C=O) groups excluding carboxylic acids is 3. The van der Waals surface area contributed by atoms with E-state index in [4.69, 9.17) is 45.4 Å². The first kappa shape index (κ1) is 39.6. The molecule has 12 heteroatoms. The van der Waals surface area contributed by atoms with Gasteiger partial charge in [-0.25, -0.2) is 0 Å². The Morgan fingerprint density at radius 3 is 2.33 bits per heavy atom. The van der Waals surface area contributed by atoms with Gasteiger partial charge in [0.15, 0.2) is 0 Å². The maximum atomic E-state index is 13.0. The third kappa shape index (κ3) is 11.4. The molecular formula is C36H50Cl3N5O4. The van der Waals surface area contributed by atoms with Crippen LogP contribution in [0, 0.1) is 12.8 Å². The fourth-order valence-corrected chi connectivity index (χ4v) is 7.04. The van der Waals surface area contributed by atoms with Crippen molar-refractivity contribution >= 4 is 58.2 Å². The van der Waals surface area contributed by atoms with Crippen molar-refractivity contribution in [3.63, 3.8) is 0 Å². The minimum Gasteiger partial charge on any atom is -0.399 e. The van der Waals surface area contributed by atoms with Crippen molar-refractivity contribution < 1.29 is 19.2 Å². The molecule has 0 aliphatic carbocycles. The highest BCUT2D eigenvalue weighted by Gasteiger charge is 2.35. The molecule has 2 atom stereocenters. The number of halogens is 3. The molecule has 264 valence electrons. The van der Waals surface area contributed by atoms with Gasteiger partial charge in [0.2, 0.25) is 11.8 Å². The number of hydrogen-bond donors (Lipinski definition) is 1. The van der Waals surface area contributed by atoms with E-state index >= 15 is 0 Å². The van der Waals surface area contributed by atoms with Crippen LogP contribution in [-0.2, 0) is 14.4 Å². The lowest BCUT2D eigenvalue weighted by molar-refractivity contribution is -0.144. The predicted molar refractivity (Wildman–Crippen MR) is 195 cm³/mol. The first-order chi connectivity index (χ1) is 22.9. The Balaban J connectivity index is 0.000000275. The molecule has 4 rings (SSSR count). The van der Waals surface area contributed by atoms with Crippen LogP contribution < -0.4 is 5.73 Å². The van der Waals surface area contributed by atoms with E-state index < -0.39 is 0 Å². The van der Waals surface area contributed by atoms with Crippen molar-refractivity contribution in [2.24, 2.45) is 16.8 Å². The number of primary amides is 1. The van der Waals surface area contributed by atoms with E-state index in [0.29, 0.717) is 45.5 Å². The largest absolute Gasteiger partial charge is 0.399 e. The van der Waals surface area contributed by atoms with Gasteiger partial charge in [0.1, 0.15) is 7.11 Å². The van der Waals surface area contributed by atoms with Crippen molar-refractivity contribution in [3.05, 3.63) is 68.2 Å². The van der Waals surface area contributed by atoms with E-state index in [0.717, 1.165) is 63.0 Å². The summed E-state index contributed by atoms with van der Waals surface area (Å²) in [5.41, 5.74) is 8.36. The summed E-state index contributed by atoms with van der Waals surface area (Å²) < 4.78 is 0. The van der Waals surface area contributed by atoms with Crippen molar-refractivity contribution in [1.29, 1.82) is 0 Å². The third-order valence-corrected chi connectivity index (χ3v) is 9.99. The van der Waals surface area contributed by atoms with Gasteiger partial charge in [-0.2, -0.15) is 0 Å². The second kappa shape index (κ2) is 19.4. The maximum absolute atomic E-state index is 13.0. The number of likely N-dealkylation sites (tertiary alicyclic amines) is 2. The standard InChI is InChI=1S/C21H23Cl3N2O2.C15H27N3O2/c1-5-26(21(27)16-8-13(2)9-17(22)10-16)12-20(25-28-4)14(3)15-6-7-18(23)19(24)11-15;1-2-7-17-9-5-13(6-10-17)18-8-3-4-12(15(18)20)11-14(16)19/h6-11,14H,5,12H2,1-4H3;12-13H,2-11H2,1H3,(H2,16,19)/b25-20-;. The van der Waals surface area contributed by atoms with Crippen LogP contribution in [0.4, 0.5) is 0 Å². The molecule has 9 nitrogen and oxygen atoms in total. The molecule has 2 fully saturated rings. The molecule has 0 spiro atoms. The van der Waals surface area contributed by atoms with E-state index in [2.05, 4.69) is 17.0 Å². The number of nitrogens with zero attached hydrogens (tertiary/aromatic N) is 4. The first-order valence-corrected chi connectivity index (χ1v) is 17.9. The zero-order valence-corrected chi connectivity index (χ0v) is 31.1. The molecule has 2 saturated heterocycles. The van der Waals surface area contributed by atoms with Gasteiger partial charge in [0.05, 0.1) is 22.3 Å². The second-order valence-electron chi connectivity index (χ2n) is 12.6. The van der Waals surface area contributed by atoms with Crippen LogP contribution in [-0.4, -0.2) is 90.6 Å². The van der Waals surface area contributed by atoms with Crippen LogP contribution in [0.3, 0.4) is 0 Å². The fourth-order valence-electron chi connectivity index (χ4n) is 6.44. The number of aryl methyl sites for hydroxylation is 1. The summed E-state index contributed by atoms with van der Waals surface area (Å²) in [5, 5.41) is 5.67. The SMILES string of the molecule is CCCN1CCC(N2CCCC(CC(N)=O)C2=O)CC1.CCN(C/C(=N/OC)C(C)c1ccc(Cl)c(Cl)c1)C(=O)c1cc(C)cc(Cl)c1. The van der Waals surface area contributed by atoms with Gasteiger partial charge in [-0.15, -0.1) is 0 Å². The van der Waals surface area contributed by atoms with Gasteiger partial charge in [-0.05, 0) is 94.0 Å². The van der Waals surface area contributed by atoms with Crippen LogP contribution in [0.25, 0.3) is 0 Å². The number of carbonyl (C=O) groups is 3. The molecule has 2 aliphatic heterocycles. The second-order valence-corrected chi connectivity index (χ2v) is 13.9. The molecule has 2 aromatic rings. The van der Waals surface area contributed by atoms with Gasteiger partial charge < -0.3 is 25.3 Å². The summed E-state index contributed by atoms with van der Waals surface area (Å²) >= 11 is 18.3. The Hall–Kier alpha value is -2.85. The van der Waals surface area contributed by atoms with E-state index in [9.17, 15) is 14.4 Å². The van der Waals surface area contributed by atoms with E-state index in [-0.39, 0.29) is 36.0 Å². The fraction of sp³-hybridized carbons (Fsp3) is 0.556. The molecule has 2 aliphatic rings. The molecule has 0 saturated carbocycles. The number of oxime groups is 1. The maximum Gasteiger partial charge on any atom is 0.254 e. The number of nitrogens with two attached hydrogens (primary N) is 1. The van der Waals surface area contributed by atoms with Crippen molar-refractivity contribution in [2.45, 2.75) is 78.2 Å². The first-order valence-electron chi connectivity index (χ1n) is 16.8. The van der Waals surface area contributed by atoms with Crippen LogP contribution in [0.5, 0.6) is 0 Å². The van der Waals surface area contributed by atoms with Crippen molar-refractivity contribution in [3.8, 4) is 0 Å². The van der Waals surface area contributed by atoms with Crippen LogP contribution in [0.2, 0.25) is 15.1 Å². The number of benzene rings is 2. The molecule has 3 amide bonds. The van der Waals surface area contributed by atoms with Gasteiger partial charge in [-0.3, -0.25) is 14.4 Å². The normalized spacial score (nSPS) is 18.2. The van der Waals surface area contributed by atoms with Gasteiger partial charge in [0, 0.05) is 61.1 Å². The molecule has 48 heavy (non-hydrogen) atoms. The summed E-state index contributed by atoms with van der Waals surface area (Å²) in [7, 11) is 1.49. The molecule has 0 bridgehead atoms. The topological polar surface area (TPSA) is 109 Å². The number of amides is 3. The number of rotatable bonds is 12. The lowest BCUT2D eigenvalue weighted by atomic mass is 9.90. The third-order valence-electron chi connectivity index (χ3n) is 9.03. The zero-order valence-electron chi connectivity index (χ0n) is 28.8. The summed E-state index contributed by atoms with van der Waals surface area (Å²) in [6.45, 7) is 13.0. The van der Waals surface area contributed by atoms with E-state index in [1.54, 1.807) is 23.1 Å². The molecule has 2 heterocycles. The molecular weight excluding hydrogens is 673 g/mol. The van der Waals surface area contributed by atoms with E-state index in [1.165, 1.54) is 13.5 Å². The summed E-state index contributed by atoms with van der Waals surface area (Å²) in [6, 6.07) is 11.1. The lowest BCUT2D eigenvalue weighted by Crippen LogP contribution is -2.52. The van der Waals surface area contributed by atoms with Crippen molar-refractivity contribution in [2.75, 3.05) is 46.4 Å². The molecule has 2 N–H and O–H groups in total. The monoisotopic (exact) mass is 721 g/mol. The highest BCUT2D eigenvalue weighted by molar-refractivity contribution is 6.42. The van der Waals surface area contributed by atoms with Crippen LogP contribution >= 0.6 is 34.8 Å². The molecule has 2 unspecified atom stereocenters. The Morgan fingerprint density at radius 2 is 1.75 bits per heavy atom. The zero-order chi connectivity index (χ0) is 35.4. The Labute approximate surface area is 300 Å². The molecule has 0 aromatic heterocycles. The van der Waals surface area contributed by atoms with E-state index in [1.807, 2.05) is 43.9 Å². The number of piperidine rings is 2. The van der Waals surface area contributed by atoms with Crippen molar-refractivity contribution in [1.82, 2.24) is 14.7 Å². The average Bonchev–Trinajstić information content (AvgIpc) is 3.05. The Bertz CT molecular complexity index is 1410. The Kier molecular flexibility index (Phi) is 16.0. The lowest BCUT2D eigenvalue weighted by Gasteiger charge is -2.42. The molecule has 2 aromatic carbocycles. The van der Waals surface area contributed by atoms with Gasteiger partial charge in [0.25, 0.3) is 5.91 Å². The number of hydrogen-bond acceptors (Lipinski definition) is 6. The minimum atomic E-state index is -0.358. The summed E-state index contributed by atoms with van der Waals surface area (Å²) in [5.74, 6) is -0.599. The van der Waals surface area contributed by atoms with Crippen LogP contribution in [0.15, 0.2) is 41.6 Å². The smallest absolute Gasteiger partial charge is 0.254 e. The van der Waals surface area contributed by atoms with Crippen LogP contribution in [0.1, 0.15) is 86.7 Å². The summed E-state index contributed by atoms with van der Waals surface area (Å²) in [6.07, 6.45) is 5.34. The predicted octanol–water partition coefficient (Wildman–Crippen LogP) is 7.20. The molecule has 0 radical (unpaired) electrons. The minimum absolute atomic E-state index is 0.113. The van der Waals surface area contributed by atoms with Gasteiger partial charge >= 0.3 is 0 Å². The quantitative estimate of drug-likeness (QED) is 0.184. The average molecular weight is 723 g/mol. The highest BCUT2D eigenvalue weighted by atomic mass is 35.5. The van der Waals surface area contributed by atoms with Gasteiger partial charge in [-0.1, -0.05) is 59.9 Å².